The lowest BCUT2D eigenvalue weighted by molar-refractivity contribution is -0.119. The van der Waals surface area contributed by atoms with Crippen molar-refractivity contribution >= 4 is 11.8 Å². The van der Waals surface area contributed by atoms with Gasteiger partial charge in [-0.25, -0.2) is 4.39 Å². The van der Waals surface area contributed by atoms with Crippen molar-refractivity contribution in [3.8, 4) is 6.07 Å². The maximum atomic E-state index is 12.9. The van der Waals surface area contributed by atoms with Gasteiger partial charge in [0.1, 0.15) is 11.9 Å². The van der Waals surface area contributed by atoms with Gasteiger partial charge in [0.05, 0.1) is 11.6 Å². The SMILES string of the molecule is N#Cc1ccc(C(=O)N[C@@H](Cc2ccc(F)cc2)C(N)=O)cc1. The first-order chi connectivity index (χ1) is 11.0. The van der Waals surface area contributed by atoms with Gasteiger partial charge < -0.3 is 11.1 Å². The molecule has 0 aliphatic heterocycles. The van der Waals surface area contributed by atoms with Crippen LogP contribution in [-0.4, -0.2) is 17.9 Å². The molecular weight excluding hydrogens is 297 g/mol. The zero-order valence-corrected chi connectivity index (χ0v) is 12.1. The molecule has 0 spiro atoms. The Kier molecular flexibility index (Phi) is 5.05. The van der Waals surface area contributed by atoms with Gasteiger partial charge in [-0.3, -0.25) is 9.59 Å². The van der Waals surface area contributed by atoms with Gasteiger partial charge in [-0.05, 0) is 42.0 Å². The summed E-state index contributed by atoms with van der Waals surface area (Å²) in [5.74, 6) is -1.54. The molecule has 0 fully saturated rings. The number of amides is 2. The molecule has 0 saturated carbocycles. The number of benzene rings is 2. The van der Waals surface area contributed by atoms with Crippen molar-refractivity contribution in [3.05, 3.63) is 71.0 Å². The third-order valence-corrected chi connectivity index (χ3v) is 3.28. The first-order valence-electron chi connectivity index (χ1n) is 6.84. The molecule has 0 saturated heterocycles. The van der Waals surface area contributed by atoms with E-state index >= 15 is 0 Å². The highest BCUT2D eigenvalue weighted by atomic mass is 19.1. The van der Waals surface area contributed by atoms with Crippen molar-refractivity contribution in [1.29, 1.82) is 5.26 Å². The molecule has 2 rings (SSSR count). The van der Waals surface area contributed by atoms with Gasteiger partial charge in [0.25, 0.3) is 5.91 Å². The Balaban J connectivity index is 2.09. The van der Waals surface area contributed by atoms with Crippen molar-refractivity contribution in [2.45, 2.75) is 12.5 Å². The Labute approximate surface area is 132 Å². The molecule has 3 N–H and O–H groups in total. The standard InChI is InChI=1S/C17H14FN3O2/c18-14-7-3-11(4-8-14)9-15(16(20)22)21-17(23)13-5-1-12(10-19)2-6-13/h1-8,15H,9H2,(H2,20,22)(H,21,23)/t15-/m0/s1. The van der Waals surface area contributed by atoms with E-state index < -0.39 is 17.9 Å². The first-order valence-corrected chi connectivity index (χ1v) is 6.84. The van der Waals surface area contributed by atoms with Crippen LogP contribution in [0.2, 0.25) is 0 Å². The van der Waals surface area contributed by atoms with Crippen LogP contribution in [0.15, 0.2) is 48.5 Å². The summed E-state index contributed by atoms with van der Waals surface area (Å²) in [4.78, 5) is 23.7. The summed E-state index contributed by atoms with van der Waals surface area (Å²) in [6.07, 6.45) is 0.164. The lowest BCUT2D eigenvalue weighted by atomic mass is 10.0. The Morgan fingerprint density at radius 2 is 1.74 bits per heavy atom. The topological polar surface area (TPSA) is 96.0 Å². The van der Waals surface area contributed by atoms with E-state index in [4.69, 9.17) is 11.0 Å². The molecular formula is C17H14FN3O2. The highest BCUT2D eigenvalue weighted by Gasteiger charge is 2.19. The lowest BCUT2D eigenvalue weighted by Gasteiger charge is -2.15. The molecule has 0 heterocycles. The normalized spacial score (nSPS) is 11.3. The van der Waals surface area contributed by atoms with Crippen molar-refractivity contribution in [3.63, 3.8) is 0 Å². The van der Waals surface area contributed by atoms with Gasteiger partial charge >= 0.3 is 0 Å². The predicted octanol–water partition coefficient (Wildman–Crippen LogP) is 1.52. The molecule has 6 heteroatoms. The highest BCUT2D eigenvalue weighted by Crippen LogP contribution is 2.08. The van der Waals surface area contributed by atoms with Crippen molar-refractivity contribution < 1.29 is 14.0 Å². The van der Waals surface area contributed by atoms with Crippen LogP contribution >= 0.6 is 0 Å². The van der Waals surface area contributed by atoms with Crippen LogP contribution in [0.3, 0.4) is 0 Å². The molecule has 0 aromatic heterocycles. The van der Waals surface area contributed by atoms with E-state index in [0.29, 0.717) is 16.7 Å². The minimum Gasteiger partial charge on any atom is -0.368 e. The zero-order chi connectivity index (χ0) is 16.8. The summed E-state index contributed by atoms with van der Waals surface area (Å²) in [7, 11) is 0. The lowest BCUT2D eigenvalue weighted by Crippen LogP contribution is -2.45. The number of halogens is 1. The minimum atomic E-state index is -0.913. The van der Waals surface area contributed by atoms with E-state index in [1.807, 2.05) is 6.07 Å². The smallest absolute Gasteiger partial charge is 0.251 e. The molecule has 23 heavy (non-hydrogen) atoms. The van der Waals surface area contributed by atoms with Gasteiger partial charge in [0, 0.05) is 12.0 Å². The second-order valence-corrected chi connectivity index (χ2v) is 4.95. The second-order valence-electron chi connectivity index (χ2n) is 4.95. The van der Waals surface area contributed by atoms with Crippen molar-refractivity contribution in [2.24, 2.45) is 5.73 Å². The summed E-state index contributed by atoms with van der Waals surface area (Å²) in [5, 5.41) is 11.3. The number of carbonyl (C=O) groups is 2. The van der Waals surface area contributed by atoms with Crippen molar-refractivity contribution in [1.82, 2.24) is 5.32 Å². The van der Waals surface area contributed by atoms with Crippen LogP contribution in [0.4, 0.5) is 4.39 Å². The zero-order valence-electron chi connectivity index (χ0n) is 12.1. The number of nitrogens with two attached hydrogens (primary N) is 1. The van der Waals surface area contributed by atoms with E-state index in [2.05, 4.69) is 5.32 Å². The summed E-state index contributed by atoms with van der Waals surface area (Å²) >= 11 is 0. The van der Waals surface area contributed by atoms with E-state index in [-0.39, 0.29) is 12.2 Å². The Morgan fingerprint density at radius 1 is 1.13 bits per heavy atom. The molecule has 2 amide bonds. The number of rotatable bonds is 5. The number of primary amides is 1. The van der Waals surface area contributed by atoms with Crippen LogP contribution < -0.4 is 11.1 Å². The van der Waals surface area contributed by atoms with Gasteiger partial charge in [0.2, 0.25) is 5.91 Å². The van der Waals surface area contributed by atoms with Gasteiger partial charge in [0.15, 0.2) is 0 Å². The number of hydrogen-bond donors (Lipinski definition) is 2. The maximum Gasteiger partial charge on any atom is 0.251 e. The third kappa shape index (κ3) is 4.38. The quantitative estimate of drug-likeness (QED) is 0.876. The van der Waals surface area contributed by atoms with Gasteiger partial charge in [-0.2, -0.15) is 5.26 Å². The predicted molar refractivity (Wildman–Crippen MR) is 81.7 cm³/mol. The maximum absolute atomic E-state index is 12.9. The molecule has 1 atom stereocenters. The monoisotopic (exact) mass is 311 g/mol. The van der Waals surface area contributed by atoms with Gasteiger partial charge in [-0.1, -0.05) is 12.1 Å². The number of hydrogen-bond acceptors (Lipinski definition) is 3. The number of nitrogens with zero attached hydrogens (tertiary/aromatic N) is 1. The molecule has 116 valence electrons. The Hall–Kier alpha value is -3.20. The molecule has 0 unspecified atom stereocenters. The van der Waals surface area contributed by atoms with Crippen molar-refractivity contribution in [2.75, 3.05) is 0 Å². The van der Waals surface area contributed by atoms with E-state index in [9.17, 15) is 14.0 Å². The number of carbonyl (C=O) groups excluding carboxylic acids is 2. The summed E-state index contributed by atoms with van der Waals surface area (Å²) < 4.78 is 12.9. The van der Waals surface area contributed by atoms with Crippen LogP contribution in [0.1, 0.15) is 21.5 Å². The average molecular weight is 311 g/mol. The molecule has 0 aliphatic carbocycles. The van der Waals surface area contributed by atoms with E-state index in [0.717, 1.165) is 0 Å². The Morgan fingerprint density at radius 3 is 2.26 bits per heavy atom. The summed E-state index contributed by atoms with van der Waals surface area (Å²) in [6, 6.07) is 12.6. The number of nitriles is 1. The Bertz CT molecular complexity index is 749. The molecule has 5 nitrogen and oxygen atoms in total. The summed E-state index contributed by atoms with van der Waals surface area (Å²) in [5.41, 5.74) is 6.74. The fourth-order valence-corrected chi connectivity index (χ4v) is 2.02. The molecule has 0 aliphatic rings. The van der Waals surface area contributed by atoms with Crippen LogP contribution in [0.5, 0.6) is 0 Å². The highest BCUT2D eigenvalue weighted by molar-refractivity contribution is 5.97. The van der Waals surface area contributed by atoms with E-state index in [1.54, 1.807) is 0 Å². The second kappa shape index (κ2) is 7.18. The van der Waals surface area contributed by atoms with Gasteiger partial charge in [-0.15, -0.1) is 0 Å². The fourth-order valence-electron chi connectivity index (χ4n) is 2.02. The van der Waals surface area contributed by atoms with Crippen LogP contribution in [0.25, 0.3) is 0 Å². The number of nitrogens with one attached hydrogen (secondary N) is 1. The molecule has 0 bridgehead atoms. The summed E-state index contributed by atoms with van der Waals surface area (Å²) in [6.45, 7) is 0. The minimum absolute atomic E-state index is 0.164. The average Bonchev–Trinajstić information content (AvgIpc) is 2.56. The fraction of sp³-hybridized carbons (Fsp3) is 0.118. The largest absolute Gasteiger partial charge is 0.368 e. The van der Waals surface area contributed by atoms with Crippen LogP contribution in [0, 0.1) is 17.1 Å². The third-order valence-electron chi connectivity index (χ3n) is 3.28. The molecule has 0 radical (unpaired) electrons. The first kappa shape index (κ1) is 16.2. The van der Waals surface area contributed by atoms with E-state index in [1.165, 1.54) is 48.5 Å². The van der Waals surface area contributed by atoms with Crippen LogP contribution in [-0.2, 0) is 11.2 Å². The molecule has 2 aromatic carbocycles. The molecule has 2 aromatic rings.